The van der Waals surface area contributed by atoms with Gasteiger partial charge in [-0.2, -0.15) is 0 Å². The summed E-state index contributed by atoms with van der Waals surface area (Å²) in [6.07, 6.45) is -1.68. The Labute approximate surface area is 277 Å². The van der Waals surface area contributed by atoms with Crippen molar-refractivity contribution in [1.29, 1.82) is 0 Å². The minimum absolute atomic E-state index is 0.000813. The number of carbonyl (C=O) groups is 2. The van der Waals surface area contributed by atoms with Crippen LogP contribution in [0.25, 0.3) is 11.1 Å². The maximum Gasteiger partial charge on any atom is 0.303 e. The molecule has 8 heteroatoms. The predicted octanol–water partition coefficient (Wildman–Crippen LogP) is 6.34. The van der Waals surface area contributed by atoms with E-state index in [-0.39, 0.29) is 30.6 Å². The number of likely N-dealkylation sites (N-methyl/N-ethyl adjacent to an activating group) is 1. The van der Waals surface area contributed by atoms with Gasteiger partial charge < -0.3 is 24.6 Å². The number of benzene rings is 4. The molecule has 0 aliphatic carbocycles. The Balaban J connectivity index is 1.31. The quantitative estimate of drug-likeness (QED) is 0.175. The maximum atomic E-state index is 12.3. The first-order chi connectivity index (χ1) is 22.7. The largest absolute Gasteiger partial charge is 0.453 e. The molecule has 0 radical (unpaired) electrons. The minimum Gasteiger partial charge on any atom is -0.453 e. The molecule has 4 aromatic carbocycles. The number of ether oxygens (including phenoxy) is 3. The Morgan fingerprint density at radius 1 is 0.851 bits per heavy atom. The normalized spacial score (nSPS) is 20.0. The summed E-state index contributed by atoms with van der Waals surface area (Å²) in [6, 6.07) is 34.6. The molecule has 1 saturated heterocycles. The van der Waals surface area contributed by atoms with E-state index in [0.717, 1.165) is 46.5 Å². The Bertz CT molecular complexity index is 1610. The van der Waals surface area contributed by atoms with E-state index in [1.807, 2.05) is 66.7 Å². The Kier molecular flexibility index (Phi) is 11.6. The molecule has 1 aliphatic heterocycles. The summed E-state index contributed by atoms with van der Waals surface area (Å²) in [5.74, 6) is -0.747. The van der Waals surface area contributed by atoms with E-state index in [0.29, 0.717) is 6.54 Å². The van der Waals surface area contributed by atoms with Gasteiger partial charge in [0.2, 0.25) is 0 Å². The number of esters is 1. The lowest BCUT2D eigenvalue weighted by molar-refractivity contribution is -0.276. The van der Waals surface area contributed by atoms with Gasteiger partial charge >= 0.3 is 5.97 Å². The second kappa shape index (κ2) is 16.0. The minimum atomic E-state index is -0.848. The average molecular weight is 637 g/mol. The van der Waals surface area contributed by atoms with Crippen molar-refractivity contribution in [2.75, 3.05) is 13.6 Å². The fourth-order valence-electron chi connectivity index (χ4n) is 5.92. The van der Waals surface area contributed by atoms with Gasteiger partial charge in [-0.15, -0.1) is 0 Å². The van der Waals surface area contributed by atoms with Crippen molar-refractivity contribution in [1.82, 2.24) is 10.2 Å². The number of rotatable bonds is 12. The first-order valence-corrected chi connectivity index (χ1v) is 16.1. The zero-order valence-electron chi connectivity index (χ0n) is 27.5. The van der Waals surface area contributed by atoms with Crippen molar-refractivity contribution in [2.45, 2.75) is 65.1 Å². The molecule has 1 aliphatic rings. The molecule has 5 unspecified atom stereocenters. The van der Waals surface area contributed by atoms with Gasteiger partial charge in [0.05, 0.1) is 18.8 Å². The van der Waals surface area contributed by atoms with Crippen LogP contribution in [0.1, 0.15) is 61.0 Å². The number of hydrogen-bond donors (Lipinski definition) is 2. The predicted molar refractivity (Wildman–Crippen MR) is 181 cm³/mol. The average Bonchev–Trinajstić information content (AvgIpc) is 3.08. The van der Waals surface area contributed by atoms with Crippen LogP contribution in [0.5, 0.6) is 0 Å². The van der Waals surface area contributed by atoms with Gasteiger partial charge in [-0.1, -0.05) is 104 Å². The third-order valence-corrected chi connectivity index (χ3v) is 8.53. The SMILES string of the molecule is CC(=O)OC(C)C(=O)NCc1cccc(-c2ccc(C3OC(CN(C)Cc4ccccc4)C(C)C(c4ccc(CO)cc4)O3)cc2)c1. The molecule has 1 heterocycles. The molecule has 0 aromatic heterocycles. The Hall–Kier alpha value is -4.34. The molecule has 5 atom stereocenters. The number of nitrogens with zero attached hydrogens (tertiary/aromatic N) is 1. The van der Waals surface area contributed by atoms with Crippen LogP contribution in [0.2, 0.25) is 0 Å². The number of carbonyl (C=O) groups excluding carboxylic acids is 2. The number of nitrogens with one attached hydrogen (secondary N) is 1. The van der Waals surface area contributed by atoms with Crippen molar-refractivity contribution in [3.63, 3.8) is 0 Å². The van der Waals surface area contributed by atoms with E-state index in [4.69, 9.17) is 14.2 Å². The van der Waals surface area contributed by atoms with Crippen molar-refractivity contribution >= 4 is 11.9 Å². The molecule has 5 rings (SSSR count). The molecule has 246 valence electrons. The topological polar surface area (TPSA) is 97.3 Å². The summed E-state index contributed by atoms with van der Waals surface area (Å²) in [5, 5.41) is 12.4. The molecule has 2 N–H and O–H groups in total. The number of hydrogen-bond acceptors (Lipinski definition) is 7. The van der Waals surface area contributed by atoms with Gasteiger partial charge in [0.15, 0.2) is 12.4 Å². The third-order valence-electron chi connectivity index (χ3n) is 8.53. The van der Waals surface area contributed by atoms with Crippen LogP contribution in [0, 0.1) is 5.92 Å². The van der Waals surface area contributed by atoms with Gasteiger partial charge in [-0.05, 0) is 53.4 Å². The highest BCUT2D eigenvalue weighted by atomic mass is 16.7. The zero-order chi connectivity index (χ0) is 33.3. The molecule has 0 saturated carbocycles. The zero-order valence-corrected chi connectivity index (χ0v) is 27.5. The van der Waals surface area contributed by atoms with E-state index in [1.54, 1.807) is 6.92 Å². The van der Waals surface area contributed by atoms with E-state index < -0.39 is 18.4 Å². The van der Waals surface area contributed by atoms with Crippen LogP contribution in [-0.2, 0) is 43.5 Å². The molecular weight excluding hydrogens is 592 g/mol. The van der Waals surface area contributed by atoms with Crippen LogP contribution in [-0.4, -0.2) is 47.7 Å². The molecular formula is C39H44N2O6. The second-order valence-corrected chi connectivity index (χ2v) is 12.3. The van der Waals surface area contributed by atoms with Crippen LogP contribution < -0.4 is 5.32 Å². The molecule has 0 bridgehead atoms. The summed E-state index contributed by atoms with van der Waals surface area (Å²) in [6.45, 7) is 6.89. The van der Waals surface area contributed by atoms with E-state index in [9.17, 15) is 14.7 Å². The number of aliphatic hydroxyl groups is 1. The summed E-state index contributed by atoms with van der Waals surface area (Å²) >= 11 is 0. The van der Waals surface area contributed by atoms with Crippen molar-refractivity contribution in [2.24, 2.45) is 5.92 Å². The first kappa shape index (κ1) is 34.0. The summed E-state index contributed by atoms with van der Waals surface area (Å²) in [5.41, 5.74) is 7.06. The highest BCUT2D eigenvalue weighted by Gasteiger charge is 2.38. The smallest absolute Gasteiger partial charge is 0.303 e. The van der Waals surface area contributed by atoms with Gasteiger partial charge in [-0.3, -0.25) is 14.5 Å². The Morgan fingerprint density at radius 2 is 1.53 bits per heavy atom. The van der Waals surface area contributed by atoms with Crippen LogP contribution in [0.4, 0.5) is 0 Å². The van der Waals surface area contributed by atoms with Crippen molar-refractivity contribution in [3.8, 4) is 11.1 Å². The van der Waals surface area contributed by atoms with Crippen LogP contribution in [0.15, 0.2) is 103 Å². The van der Waals surface area contributed by atoms with E-state index in [1.165, 1.54) is 12.5 Å². The molecule has 47 heavy (non-hydrogen) atoms. The molecule has 1 fully saturated rings. The molecule has 0 spiro atoms. The van der Waals surface area contributed by atoms with Crippen LogP contribution >= 0.6 is 0 Å². The lowest BCUT2D eigenvalue weighted by Gasteiger charge is -2.42. The summed E-state index contributed by atoms with van der Waals surface area (Å²) < 4.78 is 18.3. The van der Waals surface area contributed by atoms with Gasteiger partial charge in [0.1, 0.15) is 0 Å². The lowest BCUT2D eigenvalue weighted by Crippen LogP contribution is -2.43. The summed E-state index contributed by atoms with van der Waals surface area (Å²) in [7, 11) is 2.12. The maximum absolute atomic E-state index is 12.3. The fraction of sp³-hybridized carbons (Fsp3) is 0.333. The van der Waals surface area contributed by atoms with E-state index in [2.05, 4.69) is 60.6 Å². The Morgan fingerprint density at radius 3 is 2.21 bits per heavy atom. The standard InChI is InChI=1S/C39H44N2O6/c1-26-36(24-41(4)23-29-9-6-5-7-10-29)46-39(47-37(26)33-15-13-30(25-42)14-16-33)34-19-17-32(18-20-34)35-12-8-11-31(21-35)22-40-38(44)27(2)45-28(3)43/h5-21,26-27,36-37,39,42H,22-25H2,1-4H3,(H,40,44). The highest BCUT2D eigenvalue weighted by Crippen LogP contribution is 2.42. The van der Waals surface area contributed by atoms with Gasteiger partial charge in [-0.25, -0.2) is 0 Å². The van der Waals surface area contributed by atoms with Crippen molar-refractivity contribution in [3.05, 3.63) is 131 Å². The number of aliphatic hydroxyl groups excluding tert-OH is 1. The summed E-state index contributed by atoms with van der Waals surface area (Å²) in [4.78, 5) is 25.8. The number of amides is 1. The monoisotopic (exact) mass is 636 g/mol. The van der Waals surface area contributed by atoms with Crippen molar-refractivity contribution < 1.29 is 28.9 Å². The second-order valence-electron chi connectivity index (χ2n) is 12.3. The van der Waals surface area contributed by atoms with E-state index >= 15 is 0 Å². The fourth-order valence-corrected chi connectivity index (χ4v) is 5.92. The van der Waals surface area contributed by atoms with Crippen LogP contribution in [0.3, 0.4) is 0 Å². The first-order valence-electron chi connectivity index (χ1n) is 16.1. The molecule has 8 nitrogen and oxygen atoms in total. The highest BCUT2D eigenvalue weighted by molar-refractivity contribution is 5.82. The third kappa shape index (κ3) is 9.14. The van der Waals surface area contributed by atoms with Gasteiger partial charge in [0.25, 0.3) is 5.91 Å². The van der Waals surface area contributed by atoms with Gasteiger partial charge in [0, 0.05) is 38.0 Å². The molecule has 4 aromatic rings. The molecule has 1 amide bonds. The lowest BCUT2D eigenvalue weighted by atomic mass is 9.90.